The molecule has 2 saturated carbocycles. The summed E-state index contributed by atoms with van der Waals surface area (Å²) in [4.78, 5) is 11.7. The van der Waals surface area contributed by atoms with Gasteiger partial charge in [0.1, 0.15) is 0 Å². The molecule has 1 aromatic carbocycles. The lowest BCUT2D eigenvalue weighted by Gasteiger charge is -2.20. The third-order valence-corrected chi connectivity index (χ3v) is 6.19. The monoisotopic (exact) mass is 328 g/mol. The maximum atomic E-state index is 5.87. The number of nitrogens with zero attached hydrogens (tertiary/aromatic N) is 2. The Balaban J connectivity index is 1.18. The molecular weight excluding hydrogens is 300 g/mol. The van der Waals surface area contributed by atoms with Crippen LogP contribution in [0.25, 0.3) is 0 Å². The van der Waals surface area contributed by atoms with Gasteiger partial charge in [-0.3, -0.25) is 9.68 Å². The third kappa shape index (κ3) is 3.01. The van der Waals surface area contributed by atoms with Gasteiger partial charge in [-0.2, -0.15) is 0 Å². The van der Waals surface area contributed by atoms with E-state index in [0.717, 1.165) is 0 Å². The lowest BCUT2D eigenvalue weighted by molar-refractivity contribution is 0.119. The van der Waals surface area contributed by atoms with E-state index in [-0.39, 0.29) is 12.5 Å². The fourth-order valence-corrected chi connectivity index (χ4v) is 4.64. The summed E-state index contributed by atoms with van der Waals surface area (Å²) in [6, 6.07) is 10.2. The van der Waals surface area contributed by atoms with Crippen LogP contribution in [0.4, 0.5) is 0 Å². The van der Waals surface area contributed by atoms with Crippen LogP contribution in [0.2, 0.25) is 0 Å². The fraction of sp³-hybridized carbons (Fsp3) is 0.700. The van der Waals surface area contributed by atoms with Crippen LogP contribution in [-0.4, -0.2) is 22.2 Å². The van der Waals surface area contributed by atoms with Crippen molar-refractivity contribution in [3.63, 3.8) is 0 Å². The Morgan fingerprint density at radius 2 is 0.958 bits per heavy atom. The Morgan fingerprint density at radius 1 is 0.583 bits per heavy atom. The van der Waals surface area contributed by atoms with Crippen molar-refractivity contribution in [2.24, 2.45) is 0 Å². The second-order valence-corrected chi connectivity index (χ2v) is 7.89. The Labute approximate surface area is 144 Å². The van der Waals surface area contributed by atoms with Crippen molar-refractivity contribution in [3.8, 4) is 0 Å². The minimum absolute atomic E-state index is 0.191. The molecule has 4 unspecified atom stereocenters. The summed E-state index contributed by atoms with van der Waals surface area (Å²) in [6.45, 7) is 0. The molecule has 4 heteroatoms. The van der Waals surface area contributed by atoms with E-state index in [1.165, 1.54) is 75.3 Å². The average molecular weight is 328 g/mol. The van der Waals surface area contributed by atoms with Gasteiger partial charge in [0.05, 0.1) is 0 Å². The van der Waals surface area contributed by atoms with Crippen LogP contribution in [0.5, 0.6) is 0 Å². The van der Waals surface area contributed by atoms with Crippen molar-refractivity contribution in [2.45, 2.75) is 88.7 Å². The lowest BCUT2D eigenvalue weighted by Crippen LogP contribution is -2.22. The summed E-state index contributed by atoms with van der Waals surface area (Å²) in [7, 11) is 0. The van der Waals surface area contributed by atoms with E-state index in [2.05, 4.69) is 34.4 Å². The highest BCUT2D eigenvalue weighted by Gasteiger charge is 2.45. The van der Waals surface area contributed by atoms with Gasteiger partial charge in [-0.15, -0.1) is 10.1 Å². The first kappa shape index (κ1) is 15.3. The number of benzene rings is 1. The van der Waals surface area contributed by atoms with E-state index in [1.807, 2.05) is 0 Å². The Kier molecular flexibility index (Phi) is 4.10. The van der Waals surface area contributed by atoms with E-state index in [9.17, 15) is 0 Å². The standard InChI is InChI=1S/C20H28N2O2/c1-3-7-17(8-4-1)21-19(23-21)15-11-13-16(14-12-15)20-22(24-20)18-9-5-2-6-10-18/h11-14,17-20H,1-10H2. The zero-order valence-electron chi connectivity index (χ0n) is 14.4. The molecule has 1 aromatic rings. The van der Waals surface area contributed by atoms with E-state index in [0.29, 0.717) is 12.1 Å². The predicted molar refractivity (Wildman–Crippen MR) is 91.5 cm³/mol. The molecule has 0 N–H and O–H groups in total. The van der Waals surface area contributed by atoms with Gasteiger partial charge in [0.15, 0.2) is 12.5 Å². The number of rotatable bonds is 4. The Hall–Kier alpha value is -0.940. The largest absolute Gasteiger partial charge is 0.270 e. The Bertz CT molecular complexity index is 513. The van der Waals surface area contributed by atoms with Crippen molar-refractivity contribution in [2.75, 3.05) is 0 Å². The normalized spacial score (nSPS) is 37.3. The zero-order chi connectivity index (χ0) is 15.9. The highest BCUT2D eigenvalue weighted by Crippen LogP contribution is 2.45. The molecule has 0 radical (unpaired) electrons. The lowest BCUT2D eigenvalue weighted by atomic mass is 9.95. The summed E-state index contributed by atoms with van der Waals surface area (Å²) >= 11 is 0. The molecule has 4 fully saturated rings. The topological polar surface area (TPSA) is 31.1 Å². The predicted octanol–water partition coefficient (Wildman–Crippen LogP) is 4.84. The molecule has 0 spiro atoms. The second-order valence-electron chi connectivity index (χ2n) is 7.89. The van der Waals surface area contributed by atoms with Crippen LogP contribution >= 0.6 is 0 Å². The molecule has 2 saturated heterocycles. The third-order valence-electron chi connectivity index (χ3n) is 6.19. The van der Waals surface area contributed by atoms with E-state index < -0.39 is 0 Å². The van der Waals surface area contributed by atoms with E-state index in [4.69, 9.17) is 9.68 Å². The van der Waals surface area contributed by atoms with Gasteiger partial charge < -0.3 is 0 Å². The van der Waals surface area contributed by atoms with Crippen molar-refractivity contribution in [1.29, 1.82) is 0 Å². The number of hydroxylamine groups is 4. The van der Waals surface area contributed by atoms with Gasteiger partial charge in [0.25, 0.3) is 0 Å². The summed E-state index contributed by atoms with van der Waals surface area (Å²) < 4.78 is 0. The zero-order valence-corrected chi connectivity index (χ0v) is 14.4. The molecular formula is C20H28N2O2. The summed E-state index contributed by atoms with van der Waals surface area (Å²) in [5, 5.41) is 4.44. The first-order valence-corrected chi connectivity index (χ1v) is 9.90. The molecule has 0 aromatic heterocycles. The van der Waals surface area contributed by atoms with Crippen LogP contribution in [0.15, 0.2) is 24.3 Å². The van der Waals surface area contributed by atoms with Gasteiger partial charge >= 0.3 is 0 Å². The van der Waals surface area contributed by atoms with Crippen molar-refractivity contribution < 1.29 is 9.68 Å². The van der Waals surface area contributed by atoms with Crippen LogP contribution in [-0.2, 0) is 9.68 Å². The summed E-state index contributed by atoms with van der Waals surface area (Å²) in [6.07, 6.45) is 13.7. The van der Waals surface area contributed by atoms with Gasteiger partial charge in [-0.05, 0) is 36.8 Å². The summed E-state index contributed by atoms with van der Waals surface area (Å²) in [5.41, 5.74) is 2.57. The highest BCUT2D eigenvalue weighted by atomic mass is 16.8. The van der Waals surface area contributed by atoms with E-state index >= 15 is 0 Å². The molecule has 2 aliphatic heterocycles. The van der Waals surface area contributed by atoms with E-state index in [1.54, 1.807) is 0 Å². The second kappa shape index (κ2) is 6.41. The van der Waals surface area contributed by atoms with Crippen molar-refractivity contribution >= 4 is 0 Å². The van der Waals surface area contributed by atoms with Crippen LogP contribution in [0, 0.1) is 0 Å². The molecule has 0 amide bonds. The van der Waals surface area contributed by atoms with Crippen molar-refractivity contribution in [3.05, 3.63) is 35.4 Å². The highest BCUT2D eigenvalue weighted by molar-refractivity contribution is 5.27. The minimum Gasteiger partial charge on any atom is -0.270 e. The van der Waals surface area contributed by atoms with Crippen LogP contribution in [0.3, 0.4) is 0 Å². The maximum Gasteiger partial charge on any atom is 0.180 e. The molecule has 2 heterocycles. The molecule has 0 bridgehead atoms. The van der Waals surface area contributed by atoms with Gasteiger partial charge in [0, 0.05) is 12.1 Å². The number of hydrogen-bond acceptors (Lipinski definition) is 4. The maximum absolute atomic E-state index is 5.87. The molecule has 2 aliphatic carbocycles. The molecule has 130 valence electrons. The Morgan fingerprint density at radius 3 is 1.33 bits per heavy atom. The molecule has 4 nitrogen and oxygen atoms in total. The fourth-order valence-electron chi connectivity index (χ4n) is 4.64. The smallest absolute Gasteiger partial charge is 0.180 e. The molecule has 5 rings (SSSR count). The minimum atomic E-state index is 0.191. The quantitative estimate of drug-likeness (QED) is 0.740. The number of hydrogen-bond donors (Lipinski definition) is 0. The van der Waals surface area contributed by atoms with Crippen molar-refractivity contribution in [1.82, 2.24) is 10.1 Å². The summed E-state index contributed by atoms with van der Waals surface area (Å²) in [5.74, 6) is 0. The van der Waals surface area contributed by atoms with Gasteiger partial charge in [-0.1, -0.05) is 62.8 Å². The first-order valence-electron chi connectivity index (χ1n) is 9.90. The molecule has 4 aliphatic rings. The average Bonchev–Trinajstić information content (AvgIpc) is 3.57. The van der Waals surface area contributed by atoms with Gasteiger partial charge in [0.2, 0.25) is 0 Å². The van der Waals surface area contributed by atoms with Gasteiger partial charge in [-0.25, -0.2) is 0 Å². The van der Waals surface area contributed by atoms with Crippen LogP contribution < -0.4 is 0 Å². The SMILES string of the molecule is c1cc(C2ON2C2CCCCC2)ccc1C1ON1C1CCCCC1. The first-order chi connectivity index (χ1) is 11.9. The molecule has 4 atom stereocenters. The molecule has 24 heavy (non-hydrogen) atoms. The van der Waals surface area contributed by atoms with Crippen LogP contribution in [0.1, 0.15) is 87.8 Å².